The summed E-state index contributed by atoms with van der Waals surface area (Å²) in [6.45, 7) is 9.37. The van der Waals surface area contributed by atoms with Crippen LogP contribution >= 0.6 is 0 Å². The van der Waals surface area contributed by atoms with Crippen LogP contribution in [0.1, 0.15) is 98.8 Å². The molecule has 17 nitrogen and oxygen atoms in total. The lowest BCUT2D eigenvalue weighted by Gasteiger charge is -2.63. The van der Waals surface area contributed by atoms with Crippen molar-refractivity contribution in [2.45, 2.75) is 166 Å². The number of hydrogen-bond acceptors (Lipinski definition) is 17. The number of carbonyl (C=O) groups is 2. The number of hydrogen-bond donors (Lipinski definition) is 3. The maximum Gasteiger partial charge on any atom is 0.333 e. The lowest BCUT2D eigenvalue weighted by Crippen LogP contribution is -2.66. The van der Waals surface area contributed by atoms with E-state index in [2.05, 4.69) is 13.0 Å². The lowest BCUT2D eigenvalue weighted by molar-refractivity contribution is -0.234. The summed E-state index contributed by atoms with van der Waals surface area (Å²) in [7, 11) is 4.57. The third-order valence-electron chi connectivity index (χ3n) is 15.8. The van der Waals surface area contributed by atoms with Crippen molar-refractivity contribution in [2.75, 3.05) is 21.3 Å². The minimum Gasteiger partial charge on any atom is -0.507 e. The Labute approximate surface area is 380 Å². The summed E-state index contributed by atoms with van der Waals surface area (Å²) >= 11 is 0. The van der Waals surface area contributed by atoms with Gasteiger partial charge in [-0.2, -0.15) is 0 Å². The van der Waals surface area contributed by atoms with Gasteiger partial charge in [0.05, 0.1) is 31.0 Å². The smallest absolute Gasteiger partial charge is 0.333 e. The molecule has 4 heterocycles. The van der Waals surface area contributed by atoms with Crippen LogP contribution in [-0.4, -0.2) is 116 Å². The summed E-state index contributed by atoms with van der Waals surface area (Å²) in [6, 6.07) is 0. The molecule has 8 aliphatic rings. The van der Waals surface area contributed by atoms with E-state index in [1.807, 2.05) is 6.92 Å². The minimum absolute atomic E-state index is 0.0253. The predicted octanol–water partition coefficient (Wildman–Crippen LogP) is 6.12. The Morgan fingerprint density at radius 3 is 2.11 bits per heavy atom. The Balaban J connectivity index is 0.865. The summed E-state index contributed by atoms with van der Waals surface area (Å²) in [5.41, 5.74) is -0.580. The number of methoxy groups -OCH3 is 3. The zero-order valence-corrected chi connectivity index (χ0v) is 38.6. The molecule has 3 N–H and O–H groups in total. The fourth-order valence-electron chi connectivity index (χ4n) is 11.9. The molecule has 8 rings (SSSR count). The van der Waals surface area contributed by atoms with Crippen molar-refractivity contribution >= 4 is 11.8 Å². The van der Waals surface area contributed by atoms with Crippen LogP contribution < -0.4 is 0 Å². The normalized spacial score (nSPS) is 42.3. The summed E-state index contributed by atoms with van der Waals surface area (Å²) in [6.07, 6.45) is 7.36. The molecule has 0 radical (unpaired) electrons. The van der Waals surface area contributed by atoms with Crippen molar-refractivity contribution in [1.29, 1.82) is 0 Å². The molecule has 0 aromatic heterocycles. The van der Waals surface area contributed by atoms with E-state index in [0.717, 1.165) is 19.1 Å². The first-order valence-corrected chi connectivity index (χ1v) is 22.9. The SMILES string of the molecule is C/C=C(\C)C(=O)OC1CC2C(CC=C3CC(OC4OC=C(O[C@H]5CC(OC)C(O[C@H]6CC(O)C(O[C@H]7CC(OC)C(O)=CO7)=CO6)=CO5)C4OC)CCC32C)C2(O)CCC(C(C)=O)C12C. The van der Waals surface area contributed by atoms with Gasteiger partial charge < -0.3 is 72.2 Å². The number of rotatable bonds is 14. The van der Waals surface area contributed by atoms with E-state index in [-0.39, 0.29) is 59.9 Å². The van der Waals surface area contributed by atoms with Gasteiger partial charge in [0, 0.05) is 38.2 Å². The van der Waals surface area contributed by atoms with Gasteiger partial charge in [-0.05, 0) is 83.0 Å². The van der Waals surface area contributed by atoms with Gasteiger partial charge in [0.15, 0.2) is 29.1 Å². The molecule has 0 aromatic carbocycles. The Morgan fingerprint density at radius 2 is 1.43 bits per heavy atom. The van der Waals surface area contributed by atoms with Crippen molar-refractivity contribution < 1.29 is 81.8 Å². The maximum atomic E-state index is 13.3. The second kappa shape index (κ2) is 18.8. The van der Waals surface area contributed by atoms with Crippen molar-refractivity contribution in [3.05, 3.63) is 71.4 Å². The number of fused-ring (bicyclic) bond motifs is 5. The summed E-state index contributed by atoms with van der Waals surface area (Å²) < 4.78 is 70.9. The molecule has 0 bridgehead atoms. The molecule has 4 aliphatic heterocycles. The lowest BCUT2D eigenvalue weighted by atomic mass is 9.45. The number of carbonyl (C=O) groups excluding carboxylic acids is 2. The molecule has 0 spiro atoms. The third kappa shape index (κ3) is 8.65. The monoisotopic (exact) mass is 914 g/mol. The highest BCUT2D eigenvalue weighted by atomic mass is 16.7. The van der Waals surface area contributed by atoms with Gasteiger partial charge >= 0.3 is 5.97 Å². The molecule has 0 aromatic rings. The standard InChI is InChI=1S/C48H66O17/c1-9-25(2)44(52)65-39-17-31-30(48(53)15-13-29(26(3)49)47(39,48)5)11-10-27-16-28(12-14-46(27,31)4)61-45-43(56-8)38(24-60-45)64-42-20-35(55-7)37(23-59-42)63-40-18-32(50)36(22-58-40)62-41-19-34(54-6)33(51)21-57-41/h9-10,21-24,28-32,34-35,39-43,45,50-51,53H,11-20H2,1-8H3/b25-9+/t28?,29?,30?,31?,32?,34?,35?,39?,40-,41-,42-,43?,45?,46?,47?,48?/m0/s1. The highest BCUT2D eigenvalue weighted by Crippen LogP contribution is 2.68. The van der Waals surface area contributed by atoms with Crippen LogP contribution in [-0.2, 0) is 66.4 Å². The second-order valence-electron chi connectivity index (χ2n) is 19.1. The van der Waals surface area contributed by atoms with Crippen LogP contribution in [0.15, 0.2) is 71.4 Å². The number of aliphatic hydroxyl groups is 3. The molecule has 3 fully saturated rings. The van der Waals surface area contributed by atoms with E-state index in [9.17, 15) is 24.9 Å². The number of allylic oxidation sites excluding steroid dienone is 2. The van der Waals surface area contributed by atoms with Crippen molar-refractivity contribution in [2.24, 2.45) is 28.6 Å². The molecule has 17 heteroatoms. The first-order valence-electron chi connectivity index (χ1n) is 22.9. The molecular weight excluding hydrogens is 849 g/mol. The molecule has 4 aliphatic carbocycles. The fraction of sp³-hybridized carbons (Fsp3) is 0.708. The number of ketones is 1. The average molecular weight is 915 g/mol. The fourth-order valence-corrected chi connectivity index (χ4v) is 11.9. The molecular formula is C48H66O17. The van der Waals surface area contributed by atoms with Gasteiger partial charge in [0.25, 0.3) is 0 Å². The molecule has 0 saturated heterocycles. The van der Waals surface area contributed by atoms with Crippen LogP contribution in [0.2, 0.25) is 0 Å². The summed E-state index contributed by atoms with van der Waals surface area (Å²) in [4.78, 5) is 26.4. The van der Waals surface area contributed by atoms with Crippen molar-refractivity contribution in [3.63, 3.8) is 0 Å². The van der Waals surface area contributed by atoms with Gasteiger partial charge in [0.1, 0.15) is 55.2 Å². The van der Waals surface area contributed by atoms with Gasteiger partial charge in [0.2, 0.25) is 25.2 Å². The first kappa shape index (κ1) is 47.2. The molecule has 16 atom stereocenters. The Bertz CT molecular complexity index is 1990. The average Bonchev–Trinajstić information content (AvgIpc) is 3.81. The van der Waals surface area contributed by atoms with Crippen molar-refractivity contribution in [3.8, 4) is 0 Å². The Hall–Kier alpha value is -4.26. The van der Waals surface area contributed by atoms with Gasteiger partial charge in [-0.3, -0.25) is 4.79 Å². The number of ether oxygens (including phenoxy) is 12. The molecule has 13 unspecified atom stereocenters. The molecule has 0 amide bonds. The highest BCUT2D eigenvalue weighted by Gasteiger charge is 2.71. The highest BCUT2D eigenvalue weighted by molar-refractivity contribution is 5.88. The van der Waals surface area contributed by atoms with Gasteiger partial charge in [-0.15, -0.1) is 0 Å². The third-order valence-corrected chi connectivity index (χ3v) is 15.8. The zero-order chi connectivity index (χ0) is 46.4. The van der Waals surface area contributed by atoms with Crippen LogP contribution in [0.25, 0.3) is 0 Å². The van der Waals surface area contributed by atoms with E-state index in [1.54, 1.807) is 34.0 Å². The number of Topliss-reactive ketones (excluding diaryl/α,β-unsaturated/α-hetero) is 1. The second-order valence-corrected chi connectivity index (χ2v) is 19.1. The molecule has 360 valence electrons. The van der Waals surface area contributed by atoms with Crippen LogP contribution in [0.5, 0.6) is 0 Å². The maximum absolute atomic E-state index is 13.3. The topological polar surface area (TPSA) is 206 Å². The van der Waals surface area contributed by atoms with E-state index < -0.39 is 78.6 Å². The minimum atomic E-state index is -1.17. The zero-order valence-electron chi connectivity index (χ0n) is 38.6. The van der Waals surface area contributed by atoms with E-state index >= 15 is 0 Å². The van der Waals surface area contributed by atoms with E-state index in [4.69, 9.17) is 56.8 Å². The Morgan fingerprint density at radius 1 is 0.785 bits per heavy atom. The largest absolute Gasteiger partial charge is 0.507 e. The van der Waals surface area contributed by atoms with Gasteiger partial charge in [-0.1, -0.05) is 31.6 Å². The molecule has 3 saturated carbocycles. The van der Waals surface area contributed by atoms with Crippen LogP contribution in [0.4, 0.5) is 0 Å². The van der Waals surface area contributed by atoms with E-state index in [0.29, 0.717) is 49.2 Å². The first-order chi connectivity index (χ1) is 31.1. The molecule has 65 heavy (non-hydrogen) atoms. The van der Waals surface area contributed by atoms with Crippen LogP contribution in [0, 0.1) is 28.6 Å². The summed E-state index contributed by atoms with van der Waals surface area (Å²) in [5.74, 6) is 0.00664. The number of aliphatic hydroxyl groups excluding tert-OH is 2. The number of esters is 1. The van der Waals surface area contributed by atoms with Crippen molar-refractivity contribution in [1.82, 2.24) is 0 Å². The Kier molecular flexibility index (Phi) is 13.7. The quantitative estimate of drug-likeness (QED) is 0.102. The van der Waals surface area contributed by atoms with Crippen LogP contribution in [0.3, 0.4) is 0 Å². The van der Waals surface area contributed by atoms with Gasteiger partial charge in [-0.25, -0.2) is 4.79 Å². The van der Waals surface area contributed by atoms with E-state index in [1.165, 1.54) is 38.6 Å². The predicted molar refractivity (Wildman–Crippen MR) is 227 cm³/mol. The summed E-state index contributed by atoms with van der Waals surface area (Å²) in [5, 5.41) is 33.5.